The number of allylic oxidation sites excluding steroid dienone is 1. The van der Waals surface area contributed by atoms with Gasteiger partial charge in [-0.3, -0.25) is 0 Å². The van der Waals surface area contributed by atoms with Crippen LogP contribution in [0, 0.1) is 0 Å². The van der Waals surface area contributed by atoms with Crippen molar-refractivity contribution in [2.24, 2.45) is 0 Å². The SMILES string of the molecule is CCOC(=Cc1ccc(OC)cc1)CF. The first kappa shape index (κ1) is 11.6. The maximum Gasteiger partial charge on any atom is 0.147 e. The monoisotopic (exact) mass is 210 g/mol. The Hall–Kier alpha value is -1.51. The lowest BCUT2D eigenvalue weighted by molar-refractivity contribution is 0.208. The fourth-order valence-electron chi connectivity index (χ4n) is 1.19. The predicted octanol–water partition coefficient (Wildman–Crippen LogP) is 3.04. The summed E-state index contributed by atoms with van der Waals surface area (Å²) in [4.78, 5) is 0. The average molecular weight is 210 g/mol. The molecule has 3 heteroatoms. The number of halogens is 1. The van der Waals surface area contributed by atoms with Crippen molar-refractivity contribution in [3.63, 3.8) is 0 Å². The Kier molecular flexibility index (Phi) is 4.68. The first-order chi connectivity index (χ1) is 7.30. The van der Waals surface area contributed by atoms with E-state index in [4.69, 9.17) is 9.47 Å². The maximum absolute atomic E-state index is 12.5. The fraction of sp³-hybridized carbons (Fsp3) is 0.333. The van der Waals surface area contributed by atoms with Gasteiger partial charge in [-0.1, -0.05) is 12.1 Å². The van der Waals surface area contributed by atoms with Crippen molar-refractivity contribution in [1.82, 2.24) is 0 Å². The van der Waals surface area contributed by atoms with Gasteiger partial charge < -0.3 is 9.47 Å². The summed E-state index contributed by atoms with van der Waals surface area (Å²) in [7, 11) is 1.61. The van der Waals surface area contributed by atoms with E-state index in [9.17, 15) is 4.39 Å². The highest BCUT2D eigenvalue weighted by Gasteiger charge is 1.97. The van der Waals surface area contributed by atoms with Crippen LogP contribution in [0.15, 0.2) is 30.0 Å². The van der Waals surface area contributed by atoms with Crippen LogP contribution < -0.4 is 4.74 Å². The lowest BCUT2D eigenvalue weighted by Gasteiger charge is -2.04. The van der Waals surface area contributed by atoms with Crippen LogP contribution >= 0.6 is 0 Å². The van der Waals surface area contributed by atoms with E-state index in [0.717, 1.165) is 11.3 Å². The largest absolute Gasteiger partial charge is 0.497 e. The van der Waals surface area contributed by atoms with Crippen molar-refractivity contribution in [3.05, 3.63) is 35.6 Å². The molecule has 0 N–H and O–H groups in total. The summed E-state index contributed by atoms with van der Waals surface area (Å²) in [6.07, 6.45) is 1.68. The van der Waals surface area contributed by atoms with Gasteiger partial charge in [-0.2, -0.15) is 0 Å². The van der Waals surface area contributed by atoms with E-state index in [1.165, 1.54) is 0 Å². The minimum Gasteiger partial charge on any atom is -0.497 e. The molecule has 0 saturated carbocycles. The first-order valence-corrected chi connectivity index (χ1v) is 4.83. The summed E-state index contributed by atoms with van der Waals surface area (Å²) < 4.78 is 22.6. The molecule has 0 fully saturated rings. The predicted molar refractivity (Wildman–Crippen MR) is 58.6 cm³/mol. The van der Waals surface area contributed by atoms with E-state index in [1.807, 2.05) is 31.2 Å². The zero-order chi connectivity index (χ0) is 11.1. The summed E-state index contributed by atoms with van der Waals surface area (Å²) in [6, 6.07) is 7.36. The highest BCUT2D eigenvalue weighted by molar-refractivity contribution is 5.52. The molecule has 1 rings (SSSR count). The van der Waals surface area contributed by atoms with Crippen LogP contribution in [0.25, 0.3) is 6.08 Å². The second-order valence-corrected chi connectivity index (χ2v) is 2.95. The Morgan fingerprint density at radius 2 is 2.00 bits per heavy atom. The molecule has 0 spiro atoms. The van der Waals surface area contributed by atoms with E-state index >= 15 is 0 Å². The van der Waals surface area contributed by atoms with Gasteiger partial charge in [0.2, 0.25) is 0 Å². The van der Waals surface area contributed by atoms with Gasteiger partial charge in [0.1, 0.15) is 18.2 Å². The van der Waals surface area contributed by atoms with Crippen LogP contribution in [0.5, 0.6) is 5.75 Å². The Labute approximate surface area is 89.3 Å². The molecule has 0 aromatic heterocycles. The third-order valence-electron chi connectivity index (χ3n) is 1.90. The smallest absolute Gasteiger partial charge is 0.147 e. The van der Waals surface area contributed by atoms with E-state index in [0.29, 0.717) is 12.4 Å². The Morgan fingerprint density at radius 3 is 2.47 bits per heavy atom. The normalized spacial score (nSPS) is 11.3. The highest BCUT2D eigenvalue weighted by atomic mass is 19.1. The topological polar surface area (TPSA) is 18.5 Å². The molecule has 0 unspecified atom stereocenters. The number of hydrogen-bond donors (Lipinski definition) is 0. The van der Waals surface area contributed by atoms with Crippen LogP contribution in [-0.4, -0.2) is 20.4 Å². The van der Waals surface area contributed by atoms with Crippen molar-refractivity contribution in [2.45, 2.75) is 6.92 Å². The molecule has 82 valence electrons. The second kappa shape index (κ2) is 6.06. The average Bonchev–Trinajstić information content (AvgIpc) is 2.29. The molecular weight excluding hydrogens is 195 g/mol. The van der Waals surface area contributed by atoms with Crippen molar-refractivity contribution >= 4 is 6.08 Å². The van der Waals surface area contributed by atoms with Crippen molar-refractivity contribution in [1.29, 1.82) is 0 Å². The minimum absolute atomic E-state index is 0.350. The third-order valence-corrected chi connectivity index (χ3v) is 1.90. The molecule has 1 aromatic rings. The van der Waals surface area contributed by atoms with Crippen LogP contribution in [0.4, 0.5) is 4.39 Å². The molecule has 15 heavy (non-hydrogen) atoms. The molecule has 0 aliphatic rings. The number of hydrogen-bond acceptors (Lipinski definition) is 2. The number of ether oxygens (including phenoxy) is 2. The van der Waals surface area contributed by atoms with Crippen LogP contribution in [0.2, 0.25) is 0 Å². The highest BCUT2D eigenvalue weighted by Crippen LogP contribution is 2.14. The Bertz CT molecular complexity index is 317. The standard InChI is InChI=1S/C12H15FO2/c1-3-15-12(9-13)8-10-4-6-11(14-2)7-5-10/h4-8H,3,9H2,1-2H3. The summed E-state index contributed by atoms with van der Waals surface area (Å²) in [6.45, 7) is 1.73. The van der Waals surface area contributed by atoms with Crippen LogP contribution in [0.1, 0.15) is 12.5 Å². The van der Waals surface area contributed by atoms with Crippen molar-refractivity contribution < 1.29 is 13.9 Å². The van der Waals surface area contributed by atoms with Crippen molar-refractivity contribution in [2.75, 3.05) is 20.4 Å². The molecule has 1 aromatic carbocycles. The van der Waals surface area contributed by atoms with Gasteiger partial charge >= 0.3 is 0 Å². The molecule has 0 atom stereocenters. The van der Waals surface area contributed by atoms with Gasteiger partial charge in [0.15, 0.2) is 0 Å². The van der Waals surface area contributed by atoms with E-state index in [2.05, 4.69) is 0 Å². The molecular formula is C12H15FO2. The number of rotatable bonds is 5. The van der Waals surface area contributed by atoms with Crippen LogP contribution in [0.3, 0.4) is 0 Å². The summed E-state index contributed by atoms with van der Waals surface area (Å²) in [5.74, 6) is 1.13. The number of alkyl halides is 1. The Balaban J connectivity index is 2.77. The second-order valence-electron chi connectivity index (χ2n) is 2.95. The molecule has 0 radical (unpaired) electrons. The van der Waals surface area contributed by atoms with Crippen molar-refractivity contribution in [3.8, 4) is 5.75 Å². The summed E-state index contributed by atoms with van der Waals surface area (Å²) >= 11 is 0. The first-order valence-electron chi connectivity index (χ1n) is 4.83. The fourth-order valence-corrected chi connectivity index (χ4v) is 1.19. The van der Waals surface area contributed by atoms with E-state index in [-0.39, 0.29) is 0 Å². The quantitative estimate of drug-likeness (QED) is 0.695. The molecule has 0 saturated heterocycles. The molecule has 0 aliphatic carbocycles. The van der Waals surface area contributed by atoms with Gasteiger partial charge in [0.05, 0.1) is 13.7 Å². The van der Waals surface area contributed by atoms with E-state index < -0.39 is 6.67 Å². The summed E-state index contributed by atoms with van der Waals surface area (Å²) in [5, 5.41) is 0. The third kappa shape index (κ3) is 3.62. The number of benzene rings is 1. The van der Waals surface area contributed by atoms with Gasteiger partial charge in [-0.15, -0.1) is 0 Å². The molecule has 0 heterocycles. The zero-order valence-electron chi connectivity index (χ0n) is 9.00. The van der Waals surface area contributed by atoms with Crippen LogP contribution in [-0.2, 0) is 4.74 Å². The van der Waals surface area contributed by atoms with E-state index in [1.54, 1.807) is 13.2 Å². The molecule has 0 amide bonds. The maximum atomic E-state index is 12.5. The Morgan fingerprint density at radius 1 is 1.33 bits per heavy atom. The molecule has 0 aliphatic heterocycles. The minimum atomic E-state index is -0.583. The lowest BCUT2D eigenvalue weighted by Crippen LogP contribution is -1.93. The molecule has 2 nitrogen and oxygen atoms in total. The van der Waals surface area contributed by atoms with Gasteiger partial charge in [-0.05, 0) is 30.7 Å². The summed E-state index contributed by atoms with van der Waals surface area (Å²) in [5.41, 5.74) is 0.900. The van der Waals surface area contributed by atoms with Gasteiger partial charge in [0, 0.05) is 0 Å². The zero-order valence-corrected chi connectivity index (χ0v) is 9.00. The number of methoxy groups -OCH3 is 1. The molecule has 0 bridgehead atoms. The lowest BCUT2D eigenvalue weighted by atomic mass is 10.2. The van der Waals surface area contributed by atoms with Gasteiger partial charge in [-0.25, -0.2) is 4.39 Å². The van der Waals surface area contributed by atoms with Gasteiger partial charge in [0.25, 0.3) is 0 Å².